The maximum absolute atomic E-state index is 5.68. The lowest BCUT2D eigenvalue weighted by Crippen LogP contribution is -2.31. The van der Waals surface area contributed by atoms with E-state index in [1.54, 1.807) is 7.11 Å². The number of nitrogens with one attached hydrogen (secondary N) is 1. The average molecular weight is 316 g/mol. The van der Waals surface area contributed by atoms with E-state index >= 15 is 0 Å². The number of rotatable bonds is 8. The highest BCUT2D eigenvalue weighted by Crippen LogP contribution is 2.25. The third-order valence-electron chi connectivity index (χ3n) is 2.60. The second kappa shape index (κ2) is 8.38. The minimum absolute atomic E-state index is 0.487. The van der Waals surface area contributed by atoms with Crippen LogP contribution < -0.4 is 14.8 Å². The summed E-state index contributed by atoms with van der Waals surface area (Å²) in [4.78, 5) is 0.537. The summed E-state index contributed by atoms with van der Waals surface area (Å²) in [6, 6.07) is 8.19. The number of alkyl halides is 1. The van der Waals surface area contributed by atoms with Crippen molar-refractivity contribution in [3.05, 3.63) is 24.3 Å². The van der Waals surface area contributed by atoms with E-state index in [0.717, 1.165) is 24.5 Å². The van der Waals surface area contributed by atoms with Crippen LogP contribution in [0.1, 0.15) is 20.3 Å². The summed E-state index contributed by atoms with van der Waals surface area (Å²) < 4.78 is 10.9. The predicted octanol–water partition coefficient (Wildman–Crippen LogP) is 3.23. The molecule has 0 saturated carbocycles. The van der Waals surface area contributed by atoms with Crippen molar-refractivity contribution in [2.75, 3.05) is 20.3 Å². The Balaban J connectivity index is 2.25. The molecule has 2 unspecified atom stereocenters. The Morgan fingerprint density at radius 1 is 1.22 bits per heavy atom. The van der Waals surface area contributed by atoms with Gasteiger partial charge in [0.15, 0.2) is 11.5 Å². The molecule has 1 rings (SSSR count). The molecule has 2 atom stereocenters. The monoisotopic (exact) mass is 315 g/mol. The Hall–Kier alpha value is -0.740. The molecule has 0 radical (unpaired) electrons. The van der Waals surface area contributed by atoms with Crippen molar-refractivity contribution >= 4 is 15.9 Å². The van der Waals surface area contributed by atoms with Gasteiger partial charge in [-0.25, -0.2) is 0 Å². The largest absolute Gasteiger partial charge is 0.493 e. The molecule has 0 fully saturated rings. The molecule has 1 aromatic carbocycles. The van der Waals surface area contributed by atoms with Crippen molar-refractivity contribution in [1.29, 1.82) is 0 Å². The predicted molar refractivity (Wildman–Crippen MR) is 79.0 cm³/mol. The van der Waals surface area contributed by atoms with Crippen LogP contribution in [-0.4, -0.2) is 31.1 Å². The molecular weight excluding hydrogens is 294 g/mol. The van der Waals surface area contributed by atoms with Crippen molar-refractivity contribution in [3.63, 3.8) is 0 Å². The van der Waals surface area contributed by atoms with Gasteiger partial charge in [0.1, 0.15) is 6.61 Å². The van der Waals surface area contributed by atoms with E-state index in [2.05, 4.69) is 35.1 Å². The zero-order valence-corrected chi connectivity index (χ0v) is 12.9. The third kappa shape index (κ3) is 5.74. The Morgan fingerprint density at radius 2 is 1.89 bits per heavy atom. The van der Waals surface area contributed by atoms with Crippen molar-refractivity contribution in [3.8, 4) is 11.5 Å². The van der Waals surface area contributed by atoms with E-state index in [1.165, 1.54) is 0 Å². The number of methoxy groups -OCH3 is 1. The van der Waals surface area contributed by atoms with Crippen LogP contribution in [0.5, 0.6) is 11.5 Å². The molecule has 102 valence electrons. The van der Waals surface area contributed by atoms with Crippen molar-refractivity contribution in [2.45, 2.75) is 31.1 Å². The normalized spacial score (nSPS) is 14.0. The van der Waals surface area contributed by atoms with Gasteiger partial charge in [-0.05, 0) is 25.5 Å². The van der Waals surface area contributed by atoms with Gasteiger partial charge in [0.05, 0.1) is 7.11 Å². The lowest BCUT2D eigenvalue weighted by molar-refractivity contribution is 0.286. The summed E-state index contributed by atoms with van der Waals surface area (Å²) in [6.07, 6.45) is 1.11. The summed E-state index contributed by atoms with van der Waals surface area (Å²) >= 11 is 3.55. The lowest BCUT2D eigenvalue weighted by Gasteiger charge is -2.16. The van der Waals surface area contributed by atoms with Gasteiger partial charge in [-0.3, -0.25) is 0 Å². The van der Waals surface area contributed by atoms with E-state index in [0.29, 0.717) is 17.5 Å². The van der Waals surface area contributed by atoms with Gasteiger partial charge in [-0.1, -0.05) is 35.0 Å². The molecule has 0 aliphatic heterocycles. The Kier molecular flexibility index (Phi) is 7.13. The van der Waals surface area contributed by atoms with E-state index in [4.69, 9.17) is 9.47 Å². The molecule has 0 heterocycles. The molecule has 4 heteroatoms. The SMILES string of the molecule is COc1ccccc1OCCNC(C)CC(C)Br. The molecule has 0 aromatic heterocycles. The summed E-state index contributed by atoms with van der Waals surface area (Å²) in [5, 5.41) is 3.43. The van der Waals surface area contributed by atoms with Crippen LogP contribution in [0.3, 0.4) is 0 Å². The van der Waals surface area contributed by atoms with Gasteiger partial charge < -0.3 is 14.8 Å². The first kappa shape index (κ1) is 15.3. The maximum atomic E-state index is 5.68. The van der Waals surface area contributed by atoms with Crippen LogP contribution in [0.4, 0.5) is 0 Å². The van der Waals surface area contributed by atoms with Crippen LogP contribution in [0, 0.1) is 0 Å². The molecule has 0 amide bonds. The number of ether oxygens (including phenoxy) is 2. The molecule has 0 bridgehead atoms. The highest BCUT2D eigenvalue weighted by atomic mass is 79.9. The molecular formula is C14H22BrNO2. The third-order valence-corrected chi connectivity index (χ3v) is 2.97. The Bertz CT molecular complexity index is 344. The van der Waals surface area contributed by atoms with E-state index in [-0.39, 0.29) is 0 Å². The average Bonchev–Trinajstić information content (AvgIpc) is 2.34. The lowest BCUT2D eigenvalue weighted by atomic mass is 10.2. The number of halogens is 1. The van der Waals surface area contributed by atoms with Gasteiger partial charge in [0.2, 0.25) is 0 Å². The maximum Gasteiger partial charge on any atom is 0.161 e. The van der Waals surface area contributed by atoms with Gasteiger partial charge in [-0.2, -0.15) is 0 Å². The first-order valence-electron chi connectivity index (χ1n) is 6.26. The van der Waals surface area contributed by atoms with Gasteiger partial charge in [-0.15, -0.1) is 0 Å². The number of hydrogen-bond acceptors (Lipinski definition) is 3. The minimum atomic E-state index is 0.487. The highest BCUT2D eigenvalue weighted by molar-refractivity contribution is 9.09. The molecule has 0 aliphatic rings. The number of para-hydroxylation sites is 2. The molecule has 3 nitrogen and oxygen atoms in total. The first-order chi connectivity index (χ1) is 8.63. The van der Waals surface area contributed by atoms with Crippen LogP contribution in [-0.2, 0) is 0 Å². The first-order valence-corrected chi connectivity index (χ1v) is 7.18. The van der Waals surface area contributed by atoms with Crippen LogP contribution in [0.15, 0.2) is 24.3 Å². The minimum Gasteiger partial charge on any atom is -0.493 e. The van der Waals surface area contributed by atoms with E-state index in [9.17, 15) is 0 Å². The Morgan fingerprint density at radius 3 is 2.50 bits per heavy atom. The van der Waals surface area contributed by atoms with Gasteiger partial charge in [0, 0.05) is 17.4 Å². The van der Waals surface area contributed by atoms with Gasteiger partial charge >= 0.3 is 0 Å². The quantitative estimate of drug-likeness (QED) is 0.590. The second-order valence-corrected chi connectivity index (χ2v) is 5.93. The van der Waals surface area contributed by atoms with Crippen LogP contribution in [0.25, 0.3) is 0 Å². The van der Waals surface area contributed by atoms with E-state index in [1.807, 2.05) is 24.3 Å². The van der Waals surface area contributed by atoms with E-state index < -0.39 is 0 Å². The number of benzene rings is 1. The fourth-order valence-electron chi connectivity index (χ4n) is 1.77. The summed E-state index contributed by atoms with van der Waals surface area (Å²) in [5.74, 6) is 1.57. The molecule has 0 aliphatic carbocycles. The summed E-state index contributed by atoms with van der Waals surface area (Å²) in [6.45, 7) is 5.81. The molecule has 1 N–H and O–H groups in total. The molecule has 1 aromatic rings. The zero-order chi connectivity index (χ0) is 13.4. The van der Waals surface area contributed by atoms with Crippen LogP contribution in [0.2, 0.25) is 0 Å². The van der Waals surface area contributed by atoms with Crippen LogP contribution >= 0.6 is 15.9 Å². The molecule has 18 heavy (non-hydrogen) atoms. The highest BCUT2D eigenvalue weighted by Gasteiger charge is 2.05. The number of hydrogen-bond donors (Lipinski definition) is 1. The zero-order valence-electron chi connectivity index (χ0n) is 11.3. The molecule has 0 spiro atoms. The smallest absolute Gasteiger partial charge is 0.161 e. The Labute approximate surface area is 118 Å². The second-order valence-electron chi connectivity index (χ2n) is 4.37. The standard InChI is InChI=1S/C14H22BrNO2/c1-11(15)10-12(2)16-8-9-18-14-7-5-4-6-13(14)17-3/h4-7,11-12,16H,8-10H2,1-3H3. The summed E-state index contributed by atoms with van der Waals surface area (Å²) in [5.41, 5.74) is 0. The molecule has 0 saturated heterocycles. The fraction of sp³-hybridized carbons (Fsp3) is 0.571. The fourth-order valence-corrected chi connectivity index (χ4v) is 2.34. The van der Waals surface area contributed by atoms with Gasteiger partial charge in [0.25, 0.3) is 0 Å². The van der Waals surface area contributed by atoms with Crippen molar-refractivity contribution in [2.24, 2.45) is 0 Å². The van der Waals surface area contributed by atoms with Crippen molar-refractivity contribution < 1.29 is 9.47 Å². The topological polar surface area (TPSA) is 30.5 Å². The van der Waals surface area contributed by atoms with Crippen molar-refractivity contribution in [1.82, 2.24) is 5.32 Å². The summed E-state index contributed by atoms with van der Waals surface area (Å²) in [7, 11) is 1.65.